The summed E-state index contributed by atoms with van der Waals surface area (Å²) in [5.41, 5.74) is 13.3. The van der Waals surface area contributed by atoms with Gasteiger partial charge in [0.2, 0.25) is 0 Å². The van der Waals surface area contributed by atoms with E-state index in [1.807, 2.05) is 48.8 Å². The number of ether oxygens (including phenoxy) is 4. The third-order valence-corrected chi connectivity index (χ3v) is 9.71. The third kappa shape index (κ3) is 5.76. The van der Waals surface area contributed by atoms with Gasteiger partial charge in [0.25, 0.3) is 5.91 Å². The Morgan fingerprint density at radius 1 is 0.812 bits per heavy atom. The number of methoxy groups -OCH3 is 2. The largest absolute Gasteiger partial charge is 0.493 e. The number of aliphatic imine (C=N–C) groups is 2. The van der Waals surface area contributed by atoms with Crippen LogP contribution in [0.15, 0.2) is 76.5 Å². The zero-order valence-electron chi connectivity index (χ0n) is 27.2. The van der Waals surface area contributed by atoms with E-state index in [-0.39, 0.29) is 11.9 Å². The van der Waals surface area contributed by atoms with Gasteiger partial charge in [-0.2, -0.15) is 0 Å². The minimum Gasteiger partial charge on any atom is -0.493 e. The molecule has 0 spiro atoms. The molecule has 1 fully saturated rings. The molecule has 2 N–H and O–H groups in total. The number of rotatable bonds is 10. The molecule has 10 nitrogen and oxygen atoms in total. The first-order valence-electron chi connectivity index (χ1n) is 16.6. The van der Waals surface area contributed by atoms with Gasteiger partial charge >= 0.3 is 0 Å². The molecule has 0 aromatic heterocycles. The number of benzene rings is 3. The molecular weight excluding hydrogens is 606 g/mol. The van der Waals surface area contributed by atoms with Gasteiger partial charge in [0, 0.05) is 61.4 Å². The smallest absolute Gasteiger partial charge is 0.260 e. The zero-order valence-corrected chi connectivity index (χ0v) is 27.2. The predicted octanol–water partition coefficient (Wildman–Crippen LogP) is 6.69. The summed E-state index contributed by atoms with van der Waals surface area (Å²) in [6.07, 6.45) is 13.2. The zero-order chi connectivity index (χ0) is 32.8. The lowest BCUT2D eigenvalue weighted by molar-refractivity contribution is 0.0817. The van der Waals surface area contributed by atoms with Gasteiger partial charge in [-0.05, 0) is 72.4 Å². The molecule has 1 amide bonds. The van der Waals surface area contributed by atoms with Crippen molar-refractivity contribution in [1.82, 2.24) is 9.80 Å². The van der Waals surface area contributed by atoms with Gasteiger partial charge in [0.1, 0.15) is 0 Å². The first-order valence-corrected chi connectivity index (χ1v) is 16.6. The fourth-order valence-electron chi connectivity index (χ4n) is 6.91. The molecule has 1 aliphatic carbocycles. The second-order valence-electron chi connectivity index (χ2n) is 12.9. The number of anilines is 1. The summed E-state index contributed by atoms with van der Waals surface area (Å²) in [4.78, 5) is 27.4. The summed E-state index contributed by atoms with van der Waals surface area (Å²) in [6.45, 7) is 1.61. The van der Waals surface area contributed by atoms with Gasteiger partial charge in [-0.25, -0.2) is 0 Å². The molecule has 4 aliphatic heterocycles. The number of hydrogen-bond donors (Lipinski definition) is 1. The maximum absolute atomic E-state index is 13.7. The molecule has 2 atom stereocenters. The van der Waals surface area contributed by atoms with E-state index in [4.69, 9.17) is 34.7 Å². The van der Waals surface area contributed by atoms with Gasteiger partial charge < -0.3 is 34.5 Å². The number of amides is 1. The molecule has 4 heterocycles. The molecule has 0 bridgehead atoms. The van der Waals surface area contributed by atoms with Gasteiger partial charge in [0.15, 0.2) is 23.0 Å². The highest BCUT2D eigenvalue weighted by Crippen LogP contribution is 2.44. The monoisotopic (exact) mass is 645 g/mol. The quantitative estimate of drug-likeness (QED) is 0.193. The standard InChI is InChI=1S/C38H39N5O5/c1-45-34-14-27-21-42-20-25(23-4-5-23)12-29(42)18-40-32(27)16-36(34)47-10-3-11-48-37-17-33-31(15-35(37)46-2)38(44)43-22-26(13-30(43)19-41-33)24-6-8-28(39)9-7-24/h6-9,14-20,22-23,29-30H,3-5,10-13,21,39H2,1-2H3/t29-,30-/m0/s1. The molecule has 48 heavy (non-hydrogen) atoms. The maximum Gasteiger partial charge on any atom is 0.260 e. The molecule has 0 unspecified atom stereocenters. The summed E-state index contributed by atoms with van der Waals surface area (Å²) in [5, 5.41) is 0. The van der Waals surface area contributed by atoms with Crippen molar-refractivity contribution in [2.75, 3.05) is 33.2 Å². The normalized spacial score (nSPS) is 20.6. The van der Waals surface area contributed by atoms with Crippen LogP contribution in [0.25, 0.3) is 5.57 Å². The molecule has 1 saturated carbocycles. The highest BCUT2D eigenvalue weighted by molar-refractivity contribution is 6.05. The van der Waals surface area contributed by atoms with Crippen molar-refractivity contribution in [3.8, 4) is 23.0 Å². The maximum atomic E-state index is 13.7. The third-order valence-electron chi connectivity index (χ3n) is 9.71. The van der Waals surface area contributed by atoms with Crippen LogP contribution in [0.1, 0.15) is 53.6 Å². The lowest BCUT2D eigenvalue weighted by Gasteiger charge is -2.21. The number of hydrogen-bond acceptors (Lipinski definition) is 9. The average Bonchev–Trinajstić information content (AvgIpc) is 3.81. The van der Waals surface area contributed by atoms with Crippen LogP contribution in [-0.2, 0) is 6.54 Å². The Morgan fingerprint density at radius 2 is 1.50 bits per heavy atom. The van der Waals surface area contributed by atoms with Crippen LogP contribution in [0.4, 0.5) is 17.1 Å². The summed E-state index contributed by atoms with van der Waals surface area (Å²) >= 11 is 0. The molecule has 0 radical (unpaired) electrons. The summed E-state index contributed by atoms with van der Waals surface area (Å²) in [7, 11) is 3.23. The Hall–Kier alpha value is -5.25. The van der Waals surface area contributed by atoms with E-state index in [1.54, 1.807) is 36.8 Å². The second-order valence-corrected chi connectivity index (χ2v) is 12.9. The summed E-state index contributed by atoms with van der Waals surface area (Å²) in [5.74, 6) is 3.01. The Kier molecular flexibility index (Phi) is 7.78. The molecule has 8 rings (SSSR count). The number of nitrogens with two attached hydrogens (primary N) is 1. The topological polar surface area (TPSA) is 111 Å². The Morgan fingerprint density at radius 3 is 2.23 bits per heavy atom. The molecule has 3 aromatic carbocycles. The lowest BCUT2D eigenvalue weighted by atomic mass is 10.0. The Balaban J connectivity index is 0.905. The number of nitrogens with zero attached hydrogens (tertiary/aromatic N) is 4. The van der Waals surface area contributed by atoms with E-state index in [2.05, 4.69) is 17.3 Å². The molecule has 3 aromatic rings. The fraction of sp³-hybridized carbons (Fsp3) is 0.342. The molecule has 10 heteroatoms. The number of fused-ring (bicyclic) bond motifs is 4. The first kappa shape index (κ1) is 30.1. The van der Waals surface area contributed by atoms with Crippen molar-refractivity contribution in [2.45, 2.75) is 50.7 Å². The number of carbonyl (C=O) groups is 1. The lowest BCUT2D eigenvalue weighted by Crippen LogP contribution is -2.32. The number of carbonyl (C=O) groups excluding carboxylic acids is 1. The van der Waals surface area contributed by atoms with Gasteiger partial charge in [-0.15, -0.1) is 0 Å². The minimum absolute atomic E-state index is 0.130. The van der Waals surface area contributed by atoms with E-state index < -0.39 is 0 Å². The van der Waals surface area contributed by atoms with E-state index in [1.165, 1.54) is 12.8 Å². The van der Waals surface area contributed by atoms with Crippen LogP contribution in [0.3, 0.4) is 0 Å². The van der Waals surface area contributed by atoms with Crippen LogP contribution in [0.2, 0.25) is 0 Å². The Bertz CT molecular complexity index is 1880. The summed E-state index contributed by atoms with van der Waals surface area (Å²) < 4.78 is 23.6. The highest BCUT2D eigenvalue weighted by atomic mass is 16.5. The van der Waals surface area contributed by atoms with Crippen molar-refractivity contribution < 1.29 is 23.7 Å². The van der Waals surface area contributed by atoms with Crippen LogP contribution in [0, 0.1) is 5.92 Å². The van der Waals surface area contributed by atoms with Crippen LogP contribution < -0.4 is 24.7 Å². The predicted molar refractivity (Wildman–Crippen MR) is 186 cm³/mol. The van der Waals surface area contributed by atoms with Crippen molar-refractivity contribution >= 4 is 41.0 Å². The van der Waals surface area contributed by atoms with E-state index in [0.29, 0.717) is 72.0 Å². The number of nitrogen functional groups attached to an aromatic ring is 1. The van der Waals surface area contributed by atoms with Crippen molar-refractivity contribution in [2.24, 2.45) is 15.9 Å². The minimum atomic E-state index is -0.171. The SMILES string of the molecule is COc1cc2c(cc1OCCCOc1cc3c(cc1OC)C(=O)N1C=C(c4ccc(N)cc4)C[C@H]1C=N3)N=C[C@@H]1CC(C3CC3)=CN1C2. The molecule has 246 valence electrons. The van der Waals surface area contributed by atoms with E-state index in [9.17, 15) is 4.79 Å². The van der Waals surface area contributed by atoms with Crippen molar-refractivity contribution in [1.29, 1.82) is 0 Å². The van der Waals surface area contributed by atoms with E-state index >= 15 is 0 Å². The van der Waals surface area contributed by atoms with Gasteiger partial charge in [-0.3, -0.25) is 14.8 Å². The first-order chi connectivity index (χ1) is 23.5. The second kappa shape index (κ2) is 12.4. The molecule has 0 saturated heterocycles. The van der Waals surface area contributed by atoms with E-state index in [0.717, 1.165) is 41.3 Å². The fourth-order valence-corrected chi connectivity index (χ4v) is 6.91. The van der Waals surface area contributed by atoms with Gasteiger partial charge in [-0.1, -0.05) is 12.1 Å². The molecular formula is C38H39N5O5. The molecule has 5 aliphatic rings. The Labute approximate surface area is 280 Å². The van der Waals surface area contributed by atoms with Gasteiger partial charge in [0.05, 0.1) is 56.5 Å². The highest BCUT2D eigenvalue weighted by Gasteiger charge is 2.35. The van der Waals surface area contributed by atoms with Crippen LogP contribution in [-0.4, -0.2) is 67.7 Å². The van der Waals surface area contributed by atoms with Crippen LogP contribution >= 0.6 is 0 Å². The average molecular weight is 646 g/mol. The van der Waals surface area contributed by atoms with Crippen LogP contribution in [0.5, 0.6) is 23.0 Å². The van der Waals surface area contributed by atoms with Crippen molar-refractivity contribution in [3.05, 3.63) is 83.2 Å². The van der Waals surface area contributed by atoms with Crippen molar-refractivity contribution in [3.63, 3.8) is 0 Å². The summed E-state index contributed by atoms with van der Waals surface area (Å²) in [6, 6.07) is 15.3.